The smallest absolute Gasteiger partial charge is 0.261 e. The Morgan fingerprint density at radius 2 is 2.04 bits per heavy atom. The lowest BCUT2D eigenvalue weighted by atomic mass is 9.97. The number of piperidine rings is 1. The Kier molecular flexibility index (Phi) is 5.34. The van der Waals surface area contributed by atoms with Gasteiger partial charge in [0, 0.05) is 30.5 Å². The van der Waals surface area contributed by atoms with Crippen LogP contribution in [0.4, 0.5) is 0 Å². The van der Waals surface area contributed by atoms with E-state index >= 15 is 0 Å². The molecule has 1 unspecified atom stereocenters. The fraction of sp³-hybridized carbons (Fsp3) is 0.400. The Bertz CT molecular complexity index is 796. The number of aliphatic hydroxyl groups is 1. The number of rotatable bonds is 4. The van der Waals surface area contributed by atoms with Crippen molar-refractivity contribution in [1.29, 1.82) is 0 Å². The van der Waals surface area contributed by atoms with Gasteiger partial charge < -0.3 is 15.0 Å². The molecule has 2 aromatic rings. The maximum absolute atomic E-state index is 13.0. The summed E-state index contributed by atoms with van der Waals surface area (Å²) in [6.07, 6.45) is 3.42. The van der Waals surface area contributed by atoms with Crippen molar-refractivity contribution < 1.29 is 9.90 Å². The topological polar surface area (TPSA) is 73.4 Å². The Hall–Kier alpha value is -2.40. The number of aromatic amines is 1. The molecule has 0 radical (unpaired) electrons. The average Bonchev–Trinajstić information content (AvgIpc) is 2.63. The number of aliphatic hydroxyl groups excluding tert-OH is 1. The second-order valence-electron chi connectivity index (χ2n) is 6.58. The number of aryl methyl sites for hydroxylation is 1. The van der Waals surface area contributed by atoms with Crippen LogP contribution in [-0.4, -0.2) is 40.1 Å². The highest BCUT2D eigenvalue weighted by molar-refractivity contribution is 5.95. The largest absolute Gasteiger partial charge is 0.396 e. The van der Waals surface area contributed by atoms with Gasteiger partial charge in [-0.3, -0.25) is 9.59 Å². The summed E-state index contributed by atoms with van der Waals surface area (Å²) in [7, 11) is 0. The number of carbonyl (C=O) groups excluding carboxylic acids is 1. The van der Waals surface area contributed by atoms with E-state index in [2.05, 4.69) is 4.98 Å². The molecule has 1 fully saturated rings. The van der Waals surface area contributed by atoms with E-state index in [0.717, 1.165) is 36.1 Å². The van der Waals surface area contributed by atoms with Crippen molar-refractivity contribution in [2.45, 2.75) is 38.6 Å². The van der Waals surface area contributed by atoms with E-state index in [1.165, 1.54) is 0 Å². The van der Waals surface area contributed by atoms with Gasteiger partial charge in [0.1, 0.15) is 5.56 Å². The highest BCUT2D eigenvalue weighted by atomic mass is 16.3. The number of hydrogen-bond acceptors (Lipinski definition) is 3. The van der Waals surface area contributed by atoms with Crippen LogP contribution in [-0.2, 0) is 0 Å². The predicted octanol–water partition coefficient (Wildman–Crippen LogP) is 2.73. The molecule has 1 aliphatic rings. The van der Waals surface area contributed by atoms with Crippen LogP contribution >= 0.6 is 0 Å². The van der Waals surface area contributed by atoms with Crippen LogP contribution in [0.2, 0.25) is 0 Å². The van der Waals surface area contributed by atoms with E-state index in [1.54, 1.807) is 11.0 Å². The number of carbonyl (C=O) groups is 1. The third kappa shape index (κ3) is 3.66. The van der Waals surface area contributed by atoms with Gasteiger partial charge in [0.25, 0.3) is 11.5 Å². The standard InChI is InChI=1S/C20H24N2O3/c1-14-17(15-7-3-2-4-8-15)13-18(19(24)21-14)20(25)22-11-6-5-9-16(22)10-12-23/h2-4,7-8,13,16,23H,5-6,9-12H2,1H3,(H,21,24). The van der Waals surface area contributed by atoms with Crippen LogP contribution in [0.1, 0.15) is 41.7 Å². The van der Waals surface area contributed by atoms with Crippen LogP contribution in [0.3, 0.4) is 0 Å². The summed E-state index contributed by atoms with van der Waals surface area (Å²) >= 11 is 0. The molecule has 1 amide bonds. The molecule has 1 saturated heterocycles. The van der Waals surface area contributed by atoms with Gasteiger partial charge in [-0.2, -0.15) is 0 Å². The summed E-state index contributed by atoms with van der Waals surface area (Å²) in [5.41, 5.74) is 2.40. The number of amides is 1. The Morgan fingerprint density at radius 1 is 1.28 bits per heavy atom. The Morgan fingerprint density at radius 3 is 2.76 bits per heavy atom. The van der Waals surface area contributed by atoms with Gasteiger partial charge in [0.2, 0.25) is 0 Å². The molecule has 5 heteroatoms. The van der Waals surface area contributed by atoms with Gasteiger partial charge in [0.05, 0.1) is 0 Å². The fourth-order valence-electron chi connectivity index (χ4n) is 3.57. The lowest BCUT2D eigenvalue weighted by Gasteiger charge is -2.35. The summed E-state index contributed by atoms with van der Waals surface area (Å²) in [6.45, 7) is 2.53. The van der Waals surface area contributed by atoms with Crippen molar-refractivity contribution in [3.05, 3.63) is 58.0 Å². The molecule has 132 valence electrons. The fourth-order valence-corrected chi connectivity index (χ4v) is 3.57. The number of pyridine rings is 1. The number of hydrogen-bond donors (Lipinski definition) is 2. The summed E-state index contributed by atoms with van der Waals surface area (Å²) in [6, 6.07) is 11.4. The zero-order valence-corrected chi connectivity index (χ0v) is 14.5. The molecule has 2 N–H and O–H groups in total. The first kappa shape index (κ1) is 17.4. The van der Waals surface area contributed by atoms with Crippen LogP contribution in [0.5, 0.6) is 0 Å². The minimum atomic E-state index is -0.351. The van der Waals surface area contributed by atoms with Gasteiger partial charge in [-0.15, -0.1) is 0 Å². The maximum Gasteiger partial charge on any atom is 0.261 e. The number of nitrogens with zero attached hydrogens (tertiary/aromatic N) is 1. The number of likely N-dealkylation sites (tertiary alicyclic amines) is 1. The van der Waals surface area contributed by atoms with Crippen LogP contribution in [0.25, 0.3) is 11.1 Å². The Labute approximate surface area is 147 Å². The minimum absolute atomic E-state index is 0.00660. The number of benzene rings is 1. The second-order valence-corrected chi connectivity index (χ2v) is 6.58. The summed E-state index contributed by atoms with van der Waals surface area (Å²) in [5, 5.41) is 9.27. The Balaban J connectivity index is 1.98. The molecule has 3 rings (SSSR count). The first-order valence-corrected chi connectivity index (χ1v) is 8.83. The minimum Gasteiger partial charge on any atom is -0.396 e. The number of nitrogens with one attached hydrogen (secondary N) is 1. The maximum atomic E-state index is 13.0. The summed E-state index contributed by atoms with van der Waals surface area (Å²) < 4.78 is 0. The first-order chi connectivity index (χ1) is 12.1. The molecule has 0 bridgehead atoms. The van der Waals surface area contributed by atoms with E-state index in [4.69, 9.17) is 0 Å². The zero-order chi connectivity index (χ0) is 17.8. The molecule has 1 aliphatic heterocycles. The van der Waals surface area contributed by atoms with E-state index < -0.39 is 0 Å². The number of aromatic nitrogens is 1. The molecule has 5 nitrogen and oxygen atoms in total. The van der Waals surface area contributed by atoms with Gasteiger partial charge >= 0.3 is 0 Å². The van der Waals surface area contributed by atoms with Gasteiger partial charge in [0.15, 0.2) is 0 Å². The highest BCUT2D eigenvalue weighted by Gasteiger charge is 2.28. The molecule has 1 atom stereocenters. The summed E-state index contributed by atoms with van der Waals surface area (Å²) in [4.78, 5) is 30.0. The lowest BCUT2D eigenvalue weighted by Crippen LogP contribution is -2.45. The molecule has 0 aliphatic carbocycles. The van der Waals surface area contributed by atoms with E-state index in [9.17, 15) is 14.7 Å². The summed E-state index contributed by atoms with van der Waals surface area (Å²) in [5.74, 6) is -0.239. The third-order valence-electron chi connectivity index (χ3n) is 4.90. The molecule has 2 heterocycles. The van der Waals surface area contributed by atoms with E-state index in [0.29, 0.717) is 13.0 Å². The zero-order valence-electron chi connectivity index (χ0n) is 14.5. The lowest BCUT2D eigenvalue weighted by molar-refractivity contribution is 0.0573. The molecule has 1 aromatic carbocycles. The first-order valence-electron chi connectivity index (χ1n) is 8.83. The molecule has 0 spiro atoms. The third-order valence-corrected chi connectivity index (χ3v) is 4.90. The van der Waals surface area contributed by atoms with Crippen molar-refractivity contribution >= 4 is 5.91 Å². The number of H-pyrrole nitrogens is 1. The SMILES string of the molecule is Cc1[nH]c(=O)c(C(=O)N2CCCCC2CCO)cc1-c1ccccc1. The quantitative estimate of drug-likeness (QED) is 0.899. The van der Waals surface area contributed by atoms with Crippen molar-refractivity contribution in [3.8, 4) is 11.1 Å². The molecule has 25 heavy (non-hydrogen) atoms. The van der Waals surface area contributed by atoms with Gasteiger partial charge in [-0.05, 0) is 44.2 Å². The molecular formula is C20H24N2O3. The van der Waals surface area contributed by atoms with Crippen molar-refractivity contribution in [2.75, 3.05) is 13.2 Å². The normalized spacial score (nSPS) is 17.5. The monoisotopic (exact) mass is 340 g/mol. The molecule has 0 saturated carbocycles. The van der Waals surface area contributed by atoms with Gasteiger partial charge in [-0.1, -0.05) is 30.3 Å². The predicted molar refractivity (Wildman–Crippen MR) is 97.6 cm³/mol. The highest BCUT2D eigenvalue weighted by Crippen LogP contribution is 2.24. The molecule has 1 aromatic heterocycles. The average molecular weight is 340 g/mol. The van der Waals surface area contributed by atoms with Crippen molar-refractivity contribution in [2.24, 2.45) is 0 Å². The van der Waals surface area contributed by atoms with Gasteiger partial charge in [-0.25, -0.2) is 0 Å². The van der Waals surface area contributed by atoms with E-state index in [1.807, 2.05) is 37.3 Å². The molecular weight excluding hydrogens is 316 g/mol. The van der Waals surface area contributed by atoms with Crippen LogP contribution in [0.15, 0.2) is 41.2 Å². The van der Waals surface area contributed by atoms with Crippen molar-refractivity contribution in [3.63, 3.8) is 0 Å². The van der Waals surface area contributed by atoms with Crippen LogP contribution in [0, 0.1) is 6.92 Å². The van der Waals surface area contributed by atoms with E-state index in [-0.39, 0.29) is 29.7 Å². The van der Waals surface area contributed by atoms with Crippen molar-refractivity contribution in [1.82, 2.24) is 9.88 Å². The van der Waals surface area contributed by atoms with Crippen LogP contribution < -0.4 is 5.56 Å². The second kappa shape index (κ2) is 7.66.